The molecule has 1 amide bonds. The summed E-state index contributed by atoms with van der Waals surface area (Å²) in [5, 5.41) is 4.08. The van der Waals surface area contributed by atoms with Gasteiger partial charge in [0.15, 0.2) is 15.0 Å². The Morgan fingerprint density at radius 3 is 2.41 bits per heavy atom. The maximum absolute atomic E-state index is 12.8. The molecule has 7 nitrogen and oxygen atoms in total. The lowest BCUT2D eigenvalue weighted by atomic mass is 10.1. The second-order valence-corrected chi connectivity index (χ2v) is 11.8. The van der Waals surface area contributed by atoms with Gasteiger partial charge in [-0.1, -0.05) is 42.1 Å². The van der Waals surface area contributed by atoms with Gasteiger partial charge in [-0.2, -0.15) is 0 Å². The number of hydrogen-bond donors (Lipinski definition) is 1. The molecular formula is C23H26N4O3S2. The molecule has 0 aliphatic carbocycles. The number of para-hydroxylation sites is 1. The lowest BCUT2D eigenvalue weighted by molar-refractivity contribution is -0.130. The number of nitrogens with one attached hydrogen (secondary N) is 1. The highest BCUT2D eigenvalue weighted by Crippen LogP contribution is 2.34. The van der Waals surface area contributed by atoms with Crippen LogP contribution in [0.1, 0.15) is 5.56 Å². The molecular weight excluding hydrogens is 444 g/mol. The van der Waals surface area contributed by atoms with Crippen LogP contribution >= 0.6 is 11.8 Å². The summed E-state index contributed by atoms with van der Waals surface area (Å²) in [6.45, 7) is 3.17. The van der Waals surface area contributed by atoms with Gasteiger partial charge in [0.2, 0.25) is 5.91 Å². The van der Waals surface area contributed by atoms with Crippen molar-refractivity contribution in [3.8, 4) is 0 Å². The minimum atomic E-state index is -2.94. The molecule has 0 saturated carbocycles. The molecule has 2 saturated heterocycles. The van der Waals surface area contributed by atoms with E-state index in [9.17, 15) is 13.2 Å². The average Bonchev–Trinajstić information content (AvgIpc) is 3.28. The number of piperazine rings is 1. The van der Waals surface area contributed by atoms with Crippen molar-refractivity contribution in [1.82, 2.24) is 4.90 Å². The Morgan fingerprint density at radius 2 is 1.72 bits per heavy atom. The van der Waals surface area contributed by atoms with Gasteiger partial charge < -0.3 is 15.1 Å². The molecule has 0 radical (unpaired) electrons. The molecule has 168 valence electrons. The summed E-state index contributed by atoms with van der Waals surface area (Å²) in [6.07, 6.45) is 0.392. The second-order valence-electron chi connectivity index (χ2n) is 8.44. The maximum Gasteiger partial charge on any atom is 0.227 e. The zero-order chi connectivity index (χ0) is 22.1. The van der Waals surface area contributed by atoms with Gasteiger partial charge >= 0.3 is 0 Å². The van der Waals surface area contributed by atoms with Gasteiger partial charge in [-0.25, -0.2) is 8.42 Å². The zero-order valence-corrected chi connectivity index (χ0v) is 19.3. The lowest BCUT2D eigenvalue weighted by Gasteiger charge is -2.36. The Morgan fingerprint density at radius 1 is 1.00 bits per heavy atom. The van der Waals surface area contributed by atoms with Gasteiger partial charge in [-0.3, -0.25) is 9.79 Å². The Labute approximate surface area is 192 Å². The fraction of sp³-hybridized carbons (Fsp3) is 0.391. The van der Waals surface area contributed by atoms with E-state index in [-0.39, 0.29) is 28.7 Å². The van der Waals surface area contributed by atoms with Gasteiger partial charge in [-0.15, -0.1) is 0 Å². The summed E-state index contributed by atoms with van der Waals surface area (Å²) in [5.41, 5.74) is 3.08. The van der Waals surface area contributed by atoms with Crippen LogP contribution in [0.5, 0.6) is 0 Å². The number of carbonyl (C=O) groups is 1. The summed E-state index contributed by atoms with van der Waals surface area (Å²) >= 11 is 1.51. The Balaban J connectivity index is 1.12. The van der Waals surface area contributed by atoms with Gasteiger partial charge in [0, 0.05) is 42.8 Å². The van der Waals surface area contributed by atoms with E-state index in [4.69, 9.17) is 0 Å². The number of thioether (sulfide) groups is 1. The van der Waals surface area contributed by atoms with Crippen LogP contribution in [-0.2, 0) is 21.1 Å². The molecule has 2 aromatic carbocycles. The minimum Gasteiger partial charge on any atom is -0.368 e. The molecule has 9 heteroatoms. The summed E-state index contributed by atoms with van der Waals surface area (Å²) in [4.78, 5) is 21.5. The van der Waals surface area contributed by atoms with Crippen LogP contribution in [0, 0.1) is 0 Å². The highest BCUT2D eigenvalue weighted by atomic mass is 32.2. The number of amidine groups is 1. The molecule has 3 aliphatic heterocycles. The molecule has 2 aromatic rings. The quantitative estimate of drug-likeness (QED) is 0.738. The first kappa shape index (κ1) is 21.3. The molecule has 0 spiro atoms. The zero-order valence-electron chi connectivity index (χ0n) is 17.7. The van der Waals surface area contributed by atoms with E-state index in [0.717, 1.165) is 42.6 Å². The number of carbonyl (C=O) groups excluding carboxylic acids is 1. The Bertz CT molecular complexity index is 1110. The van der Waals surface area contributed by atoms with Crippen LogP contribution in [0.4, 0.5) is 11.4 Å². The highest BCUT2D eigenvalue weighted by Gasteiger charge is 2.42. The number of fused-ring (bicyclic) bond motifs is 1. The second kappa shape index (κ2) is 8.78. The molecule has 2 fully saturated rings. The molecule has 2 atom stereocenters. The number of rotatable bonds is 4. The van der Waals surface area contributed by atoms with Crippen molar-refractivity contribution in [2.75, 3.05) is 47.9 Å². The van der Waals surface area contributed by atoms with Gasteiger partial charge in [-0.05, 0) is 29.8 Å². The van der Waals surface area contributed by atoms with Crippen LogP contribution in [0.3, 0.4) is 0 Å². The Kier molecular flexibility index (Phi) is 5.86. The fourth-order valence-corrected chi connectivity index (χ4v) is 8.06. The first-order chi connectivity index (χ1) is 15.4. The topological polar surface area (TPSA) is 82.1 Å². The summed E-state index contributed by atoms with van der Waals surface area (Å²) in [7, 11) is -2.94. The molecule has 1 N–H and O–H groups in total. The van der Waals surface area contributed by atoms with E-state index in [2.05, 4.69) is 27.3 Å². The monoisotopic (exact) mass is 470 g/mol. The van der Waals surface area contributed by atoms with Crippen molar-refractivity contribution in [1.29, 1.82) is 0 Å². The van der Waals surface area contributed by atoms with Crippen molar-refractivity contribution in [3.05, 3.63) is 60.2 Å². The van der Waals surface area contributed by atoms with E-state index in [1.807, 2.05) is 47.4 Å². The minimum absolute atomic E-state index is 0.0294. The first-order valence-corrected chi connectivity index (χ1v) is 13.5. The van der Waals surface area contributed by atoms with Crippen molar-refractivity contribution in [2.24, 2.45) is 4.99 Å². The fourth-order valence-electron chi connectivity index (χ4n) is 4.38. The van der Waals surface area contributed by atoms with E-state index in [0.29, 0.717) is 6.42 Å². The predicted molar refractivity (Wildman–Crippen MR) is 130 cm³/mol. The molecule has 5 rings (SSSR count). The van der Waals surface area contributed by atoms with Gasteiger partial charge in [0.1, 0.15) is 0 Å². The number of benzene rings is 2. The predicted octanol–water partition coefficient (Wildman–Crippen LogP) is 2.26. The van der Waals surface area contributed by atoms with Gasteiger partial charge in [0.05, 0.1) is 24.0 Å². The van der Waals surface area contributed by atoms with Crippen LogP contribution in [0.2, 0.25) is 0 Å². The number of sulfone groups is 1. The van der Waals surface area contributed by atoms with Crippen molar-refractivity contribution < 1.29 is 13.2 Å². The molecule has 0 bridgehead atoms. The third-order valence-electron chi connectivity index (χ3n) is 6.13. The van der Waals surface area contributed by atoms with Crippen LogP contribution < -0.4 is 10.2 Å². The maximum atomic E-state index is 12.8. The van der Waals surface area contributed by atoms with Crippen molar-refractivity contribution >= 4 is 44.0 Å². The number of nitrogens with zero attached hydrogens (tertiary/aromatic N) is 3. The third-order valence-corrected chi connectivity index (χ3v) is 9.27. The molecule has 2 unspecified atom stereocenters. The number of aliphatic imine (C=N–C) groups is 1. The van der Waals surface area contributed by atoms with E-state index in [1.165, 1.54) is 17.4 Å². The standard InChI is InChI=1S/C23H26N4O3S2/c28-22(27-12-10-26(11-13-27)19-4-2-1-3-5-19)14-17-6-8-18(9-7-17)24-23-25-20-15-32(29,30)16-21(20)31-23/h1-9,20-21H,10-16H2,(H,24,25). The number of amides is 1. The highest BCUT2D eigenvalue weighted by molar-refractivity contribution is 8.15. The largest absolute Gasteiger partial charge is 0.368 e. The summed E-state index contributed by atoms with van der Waals surface area (Å²) in [6, 6.07) is 18.0. The first-order valence-electron chi connectivity index (χ1n) is 10.8. The summed E-state index contributed by atoms with van der Waals surface area (Å²) < 4.78 is 23.4. The molecule has 3 aliphatic rings. The van der Waals surface area contributed by atoms with Crippen LogP contribution in [-0.4, -0.2) is 73.4 Å². The van der Waals surface area contributed by atoms with E-state index < -0.39 is 9.84 Å². The Hall–Kier alpha value is -2.52. The van der Waals surface area contributed by atoms with Crippen LogP contribution in [0.15, 0.2) is 59.6 Å². The normalized spacial score (nSPS) is 24.2. The number of anilines is 2. The van der Waals surface area contributed by atoms with Crippen molar-refractivity contribution in [2.45, 2.75) is 17.7 Å². The van der Waals surface area contributed by atoms with Crippen molar-refractivity contribution in [3.63, 3.8) is 0 Å². The smallest absolute Gasteiger partial charge is 0.227 e. The molecule has 3 heterocycles. The number of hydrogen-bond acceptors (Lipinski definition) is 7. The lowest BCUT2D eigenvalue weighted by Crippen LogP contribution is -2.49. The summed E-state index contributed by atoms with van der Waals surface area (Å²) in [5.74, 6) is 0.511. The molecule has 32 heavy (non-hydrogen) atoms. The van der Waals surface area contributed by atoms with Gasteiger partial charge in [0.25, 0.3) is 0 Å². The SMILES string of the molecule is O=C(Cc1ccc(NC2=NC3CS(=O)(=O)CC3S2)cc1)N1CCN(c2ccccc2)CC1. The van der Waals surface area contributed by atoms with E-state index >= 15 is 0 Å². The third kappa shape index (κ3) is 4.78. The van der Waals surface area contributed by atoms with Crippen LogP contribution in [0.25, 0.3) is 0 Å². The van der Waals surface area contributed by atoms with E-state index in [1.54, 1.807) is 0 Å². The average molecular weight is 471 g/mol. The molecule has 0 aromatic heterocycles.